The van der Waals surface area contributed by atoms with Crippen molar-refractivity contribution in [3.05, 3.63) is 60.2 Å². The third kappa shape index (κ3) is 6.21. The van der Waals surface area contributed by atoms with E-state index in [1.807, 2.05) is 12.1 Å². The van der Waals surface area contributed by atoms with Crippen LogP contribution in [-0.4, -0.2) is 13.2 Å². The third-order valence-electron chi connectivity index (χ3n) is 3.38. The molecule has 0 atom stereocenters. The molecule has 0 bridgehead atoms. The maximum Gasteiger partial charge on any atom is 0.121 e. The molecule has 0 radical (unpaired) electrons. The summed E-state index contributed by atoms with van der Waals surface area (Å²) in [6, 6.07) is 18.8. The number of anilines is 1. The fourth-order valence-corrected chi connectivity index (χ4v) is 2.17. The van der Waals surface area contributed by atoms with Gasteiger partial charge in [-0.1, -0.05) is 57.2 Å². The van der Waals surface area contributed by atoms with E-state index in [-0.39, 0.29) is 5.41 Å². The molecule has 0 fully saturated rings. The molecule has 0 amide bonds. The van der Waals surface area contributed by atoms with Crippen molar-refractivity contribution in [3.63, 3.8) is 0 Å². The summed E-state index contributed by atoms with van der Waals surface area (Å²) >= 11 is 0. The molecule has 118 valence electrons. The van der Waals surface area contributed by atoms with E-state index in [0.29, 0.717) is 0 Å². The first kappa shape index (κ1) is 16.4. The zero-order valence-electron chi connectivity index (χ0n) is 13.9. The summed E-state index contributed by atoms with van der Waals surface area (Å²) in [6.45, 7) is 8.37. The molecule has 0 saturated heterocycles. The summed E-state index contributed by atoms with van der Waals surface area (Å²) in [4.78, 5) is 0. The molecule has 2 rings (SSSR count). The van der Waals surface area contributed by atoms with Crippen LogP contribution in [0.4, 0.5) is 5.69 Å². The molecule has 0 heterocycles. The molecule has 0 unspecified atom stereocenters. The molecule has 0 aliphatic heterocycles. The number of aryl methyl sites for hydroxylation is 1. The van der Waals surface area contributed by atoms with Crippen LogP contribution in [0.3, 0.4) is 0 Å². The van der Waals surface area contributed by atoms with Gasteiger partial charge in [-0.25, -0.2) is 0 Å². The molecule has 2 heteroatoms. The van der Waals surface area contributed by atoms with Crippen molar-refractivity contribution < 1.29 is 4.74 Å². The minimum Gasteiger partial charge on any atom is -0.494 e. The average Bonchev–Trinajstić information content (AvgIpc) is 2.50. The second kappa shape index (κ2) is 7.88. The highest BCUT2D eigenvalue weighted by Gasteiger charge is 2.09. The number of ether oxygens (including phenoxy) is 1. The second-order valence-electron chi connectivity index (χ2n) is 6.88. The van der Waals surface area contributed by atoms with Gasteiger partial charge in [-0.15, -0.1) is 0 Å². The normalized spacial score (nSPS) is 11.2. The highest BCUT2D eigenvalue weighted by Crippen LogP contribution is 2.20. The fraction of sp³-hybridized carbons (Fsp3) is 0.400. The summed E-state index contributed by atoms with van der Waals surface area (Å²) in [5, 5.41) is 3.46. The van der Waals surface area contributed by atoms with Gasteiger partial charge in [0.15, 0.2) is 0 Å². The van der Waals surface area contributed by atoms with Gasteiger partial charge in [0.25, 0.3) is 0 Å². The molecule has 1 N–H and O–H groups in total. The van der Waals surface area contributed by atoms with Gasteiger partial charge in [0.2, 0.25) is 0 Å². The molecule has 0 saturated carbocycles. The summed E-state index contributed by atoms with van der Waals surface area (Å²) in [5.74, 6) is 0.937. The predicted octanol–water partition coefficient (Wildman–Crippen LogP) is 5.16. The first-order valence-corrected chi connectivity index (χ1v) is 8.04. The van der Waals surface area contributed by atoms with E-state index in [9.17, 15) is 0 Å². The van der Waals surface area contributed by atoms with E-state index in [4.69, 9.17) is 4.74 Å². The smallest absolute Gasteiger partial charge is 0.121 e. The maximum absolute atomic E-state index is 5.86. The fourth-order valence-electron chi connectivity index (χ4n) is 2.17. The van der Waals surface area contributed by atoms with E-state index in [2.05, 4.69) is 68.6 Å². The Hall–Kier alpha value is -1.96. The van der Waals surface area contributed by atoms with Crippen LogP contribution >= 0.6 is 0 Å². The van der Waals surface area contributed by atoms with Crippen molar-refractivity contribution in [2.75, 3.05) is 18.5 Å². The maximum atomic E-state index is 5.86. The number of hydrogen-bond donors (Lipinski definition) is 1. The van der Waals surface area contributed by atoms with Gasteiger partial charge in [0, 0.05) is 18.3 Å². The number of hydrogen-bond acceptors (Lipinski definition) is 2. The predicted molar refractivity (Wildman–Crippen MR) is 94.6 cm³/mol. The van der Waals surface area contributed by atoms with Gasteiger partial charge >= 0.3 is 0 Å². The van der Waals surface area contributed by atoms with E-state index in [1.54, 1.807) is 0 Å². The van der Waals surface area contributed by atoms with Crippen molar-refractivity contribution in [3.8, 4) is 5.75 Å². The highest BCUT2D eigenvalue weighted by atomic mass is 16.5. The van der Waals surface area contributed by atoms with Crippen LogP contribution in [0.1, 0.15) is 32.8 Å². The van der Waals surface area contributed by atoms with Gasteiger partial charge in [-0.2, -0.15) is 0 Å². The Morgan fingerprint density at radius 3 is 2.45 bits per heavy atom. The van der Waals surface area contributed by atoms with Gasteiger partial charge in [0.05, 0.1) is 6.61 Å². The van der Waals surface area contributed by atoms with Crippen molar-refractivity contribution in [1.29, 1.82) is 0 Å². The third-order valence-corrected chi connectivity index (χ3v) is 3.38. The minimum atomic E-state index is 0.270. The van der Waals surface area contributed by atoms with E-state index >= 15 is 0 Å². The molecule has 0 aliphatic rings. The van der Waals surface area contributed by atoms with Crippen LogP contribution in [0.25, 0.3) is 0 Å². The molecule has 2 nitrogen and oxygen atoms in total. The molecule has 0 aliphatic carbocycles. The van der Waals surface area contributed by atoms with Crippen LogP contribution in [0, 0.1) is 5.41 Å². The first-order valence-electron chi connectivity index (χ1n) is 8.04. The Balaban J connectivity index is 1.76. The zero-order valence-corrected chi connectivity index (χ0v) is 13.9. The van der Waals surface area contributed by atoms with Crippen molar-refractivity contribution in [2.45, 2.75) is 33.6 Å². The van der Waals surface area contributed by atoms with Crippen molar-refractivity contribution >= 4 is 5.69 Å². The Kier molecular flexibility index (Phi) is 5.88. The van der Waals surface area contributed by atoms with E-state index < -0.39 is 0 Å². The molecule has 2 aromatic rings. The molecule has 22 heavy (non-hydrogen) atoms. The molecule has 0 spiro atoms. The largest absolute Gasteiger partial charge is 0.494 e. The topological polar surface area (TPSA) is 21.3 Å². The minimum absolute atomic E-state index is 0.270. The summed E-state index contributed by atoms with van der Waals surface area (Å²) in [5.41, 5.74) is 2.76. The Morgan fingerprint density at radius 2 is 1.73 bits per heavy atom. The summed E-state index contributed by atoms with van der Waals surface area (Å²) in [7, 11) is 0. The first-order chi connectivity index (χ1) is 10.5. The lowest BCUT2D eigenvalue weighted by molar-refractivity contribution is 0.311. The lowest BCUT2D eigenvalue weighted by Crippen LogP contribution is -2.18. The Bertz CT molecular complexity index is 557. The van der Waals surface area contributed by atoms with Crippen LogP contribution in [0.15, 0.2) is 54.6 Å². The average molecular weight is 297 g/mol. The van der Waals surface area contributed by atoms with Gasteiger partial charge in [-0.3, -0.25) is 0 Å². The summed E-state index contributed by atoms with van der Waals surface area (Å²) in [6.07, 6.45) is 2.09. The number of benzene rings is 2. The Labute approximate surface area is 134 Å². The van der Waals surface area contributed by atoms with Crippen molar-refractivity contribution in [2.24, 2.45) is 5.41 Å². The SMILES string of the molecule is CC(C)(C)CNc1cccc(OCCCc2ccccc2)c1. The van der Waals surface area contributed by atoms with Gasteiger partial charge in [0.1, 0.15) is 5.75 Å². The van der Waals surface area contributed by atoms with Crippen LogP contribution < -0.4 is 10.1 Å². The molecular weight excluding hydrogens is 270 g/mol. The zero-order chi connectivity index (χ0) is 15.8. The second-order valence-corrected chi connectivity index (χ2v) is 6.88. The van der Waals surface area contributed by atoms with Gasteiger partial charge in [-0.05, 0) is 36.0 Å². The summed E-state index contributed by atoms with van der Waals surface area (Å²) < 4.78 is 5.86. The van der Waals surface area contributed by atoms with Crippen LogP contribution in [0.2, 0.25) is 0 Å². The standard InChI is InChI=1S/C20H27NO/c1-20(2,3)16-21-18-12-7-13-19(15-18)22-14-8-11-17-9-5-4-6-10-17/h4-7,9-10,12-13,15,21H,8,11,14,16H2,1-3H3. The lowest BCUT2D eigenvalue weighted by Gasteiger charge is -2.20. The van der Waals surface area contributed by atoms with E-state index in [1.165, 1.54) is 5.56 Å². The number of rotatable bonds is 7. The Morgan fingerprint density at radius 1 is 0.955 bits per heavy atom. The van der Waals surface area contributed by atoms with Gasteiger partial charge < -0.3 is 10.1 Å². The monoisotopic (exact) mass is 297 g/mol. The van der Waals surface area contributed by atoms with E-state index in [0.717, 1.165) is 37.4 Å². The van der Waals surface area contributed by atoms with Crippen LogP contribution in [0.5, 0.6) is 5.75 Å². The lowest BCUT2D eigenvalue weighted by atomic mass is 9.97. The quantitative estimate of drug-likeness (QED) is 0.713. The van der Waals surface area contributed by atoms with Crippen LogP contribution in [-0.2, 0) is 6.42 Å². The number of nitrogens with one attached hydrogen (secondary N) is 1. The van der Waals surface area contributed by atoms with Crippen molar-refractivity contribution in [1.82, 2.24) is 0 Å². The highest BCUT2D eigenvalue weighted by molar-refractivity contribution is 5.48. The molecular formula is C20H27NO. The molecule has 0 aromatic heterocycles. The molecule has 2 aromatic carbocycles.